The number of benzene rings is 4. The predicted octanol–water partition coefficient (Wildman–Crippen LogP) is 7.33. The number of fused-ring (bicyclic) bond motifs is 2. The molecule has 1 unspecified atom stereocenters. The monoisotopic (exact) mass is 574 g/mol. The van der Waals surface area contributed by atoms with Crippen molar-refractivity contribution < 1.29 is 33.2 Å². The fourth-order valence-electron chi connectivity index (χ4n) is 4.71. The van der Waals surface area contributed by atoms with Crippen LogP contribution < -0.4 is 18.9 Å². The summed E-state index contributed by atoms with van der Waals surface area (Å²) in [7, 11) is 0. The topological polar surface area (TPSA) is 71.2 Å². The van der Waals surface area contributed by atoms with Crippen molar-refractivity contribution in [2.45, 2.75) is 46.1 Å². The summed E-state index contributed by atoms with van der Waals surface area (Å²) < 4.78 is 39.8. The van der Waals surface area contributed by atoms with E-state index in [1.54, 1.807) is 0 Å². The molecule has 4 aromatic carbocycles. The van der Waals surface area contributed by atoms with Crippen molar-refractivity contribution in [2.24, 2.45) is 0 Å². The Hall–Kier alpha value is -3.52. The van der Waals surface area contributed by atoms with E-state index in [-0.39, 0.29) is 12.9 Å². The van der Waals surface area contributed by atoms with Gasteiger partial charge >= 0.3 is 0 Å². The lowest BCUT2D eigenvalue weighted by Gasteiger charge is -2.19. The molecule has 7 nitrogen and oxygen atoms in total. The highest BCUT2D eigenvalue weighted by Crippen LogP contribution is 2.38. The molecule has 0 bridgehead atoms. The van der Waals surface area contributed by atoms with Gasteiger partial charge in [0, 0.05) is 24.2 Å². The SMILES string of the molecule is C1CO1.CCCCOc1ccc2ccc(OCOCC)cc2c1Cc1c(OCC2CO2)ccc2ccc(OCC)cc12. The summed E-state index contributed by atoms with van der Waals surface area (Å²) in [5.74, 6) is 3.35. The van der Waals surface area contributed by atoms with Crippen molar-refractivity contribution in [3.05, 3.63) is 71.8 Å². The van der Waals surface area contributed by atoms with Gasteiger partial charge in [0.15, 0.2) is 6.79 Å². The van der Waals surface area contributed by atoms with Crippen molar-refractivity contribution in [1.82, 2.24) is 0 Å². The number of rotatable bonds is 15. The fourth-order valence-corrected chi connectivity index (χ4v) is 4.71. The molecular formula is C35H42O7. The van der Waals surface area contributed by atoms with Gasteiger partial charge in [-0.05, 0) is 78.2 Å². The van der Waals surface area contributed by atoms with Gasteiger partial charge in [-0.3, -0.25) is 0 Å². The Morgan fingerprint density at radius 1 is 0.714 bits per heavy atom. The lowest BCUT2D eigenvalue weighted by Crippen LogP contribution is -2.08. The van der Waals surface area contributed by atoms with Gasteiger partial charge in [-0.15, -0.1) is 0 Å². The lowest BCUT2D eigenvalue weighted by molar-refractivity contribution is 0.0225. The molecule has 2 aliphatic heterocycles. The van der Waals surface area contributed by atoms with Crippen LogP contribution in [0.5, 0.6) is 23.0 Å². The summed E-state index contributed by atoms with van der Waals surface area (Å²) >= 11 is 0. The first-order valence-corrected chi connectivity index (χ1v) is 15.1. The molecule has 1 atom stereocenters. The molecule has 0 amide bonds. The Kier molecular flexibility index (Phi) is 10.8. The first-order valence-electron chi connectivity index (χ1n) is 15.1. The van der Waals surface area contributed by atoms with Crippen LogP contribution in [0.15, 0.2) is 60.7 Å². The standard InChI is InChI=1S/C33H38O6.C2H4O/c1-4-7-16-36-32-14-10-24-9-13-26(39-22-34-5-2)18-29(24)30(32)19-31-28-17-25(35-6-3)12-8-23(28)11-15-33(31)38-21-27-20-37-27;1-2-3-1/h8-15,17-18,27H,4-7,16,19-22H2,1-3H3;1-2H2. The minimum Gasteiger partial charge on any atom is -0.494 e. The Labute approximate surface area is 248 Å². The van der Waals surface area contributed by atoms with Gasteiger partial charge in [0.25, 0.3) is 0 Å². The molecule has 2 fully saturated rings. The molecule has 0 saturated carbocycles. The zero-order valence-electron chi connectivity index (χ0n) is 25.0. The van der Waals surface area contributed by atoms with Crippen LogP contribution in [0.4, 0.5) is 0 Å². The summed E-state index contributed by atoms with van der Waals surface area (Å²) in [6.45, 7) is 11.5. The molecule has 2 heterocycles. The van der Waals surface area contributed by atoms with Crippen LogP contribution in [0, 0.1) is 0 Å². The summed E-state index contributed by atoms with van der Waals surface area (Å²) in [5.41, 5.74) is 2.20. The van der Waals surface area contributed by atoms with E-state index in [4.69, 9.17) is 28.4 Å². The molecule has 2 aliphatic rings. The number of ether oxygens (including phenoxy) is 7. The van der Waals surface area contributed by atoms with Crippen LogP contribution in [0.3, 0.4) is 0 Å². The summed E-state index contributed by atoms with van der Waals surface area (Å²) in [6.07, 6.45) is 2.86. The van der Waals surface area contributed by atoms with Gasteiger partial charge < -0.3 is 33.2 Å². The molecule has 6 rings (SSSR count). The Morgan fingerprint density at radius 3 is 1.86 bits per heavy atom. The minimum absolute atomic E-state index is 0.166. The highest BCUT2D eigenvalue weighted by molar-refractivity contribution is 5.92. The second-order valence-electron chi connectivity index (χ2n) is 10.3. The van der Waals surface area contributed by atoms with E-state index in [0.29, 0.717) is 32.8 Å². The zero-order valence-corrected chi connectivity index (χ0v) is 25.0. The van der Waals surface area contributed by atoms with E-state index in [1.165, 1.54) is 0 Å². The predicted molar refractivity (Wildman–Crippen MR) is 165 cm³/mol. The minimum atomic E-state index is 0.166. The van der Waals surface area contributed by atoms with Gasteiger partial charge in [0.1, 0.15) is 35.7 Å². The second-order valence-corrected chi connectivity index (χ2v) is 10.3. The molecule has 0 radical (unpaired) electrons. The lowest BCUT2D eigenvalue weighted by atomic mass is 9.93. The van der Waals surface area contributed by atoms with Crippen LogP contribution in [0.1, 0.15) is 44.7 Å². The fraction of sp³-hybridized carbons (Fsp3) is 0.429. The van der Waals surface area contributed by atoms with Crippen molar-refractivity contribution >= 4 is 21.5 Å². The van der Waals surface area contributed by atoms with Gasteiger partial charge in [-0.25, -0.2) is 0 Å². The summed E-state index contributed by atoms with van der Waals surface area (Å²) in [6, 6.07) is 20.8. The third-order valence-electron chi connectivity index (χ3n) is 7.09. The third-order valence-corrected chi connectivity index (χ3v) is 7.09. The van der Waals surface area contributed by atoms with Crippen molar-refractivity contribution in [2.75, 3.05) is 53.0 Å². The third kappa shape index (κ3) is 8.28. The summed E-state index contributed by atoms with van der Waals surface area (Å²) in [4.78, 5) is 0. The largest absolute Gasteiger partial charge is 0.494 e. The van der Waals surface area contributed by atoms with Crippen LogP contribution in [-0.4, -0.2) is 59.1 Å². The first-order chi connectivity index (χ1) is 20.7. The smallest absolute Gasteiger partial charge is 0.189 e. The van der Waals surface area contributed by atoms with Gasteiger partial charge in [0.05, 0.1) is 33.0 Å². The van der Waals surface area contributed by atoms with Gasteiger partial charge in [-0.2, -0.15) is 0 Å². The van der Waals surface area contributed by atoms with Crippen molar-refractivity contribution in [3.63, 3.8) is 0 Å². The molecule has 42 heavy (non-hydrogen) atoms. The van der Waals surface area contributed by atoms with Gasteiger partial charge in [0.2, 0.25) is 0 Å². The molecule has 0 aliphatic carbocycles. The van der Waals surface area contributed by atoms with E-state index in [9.17, 15) is 0 Å². The maximum Gasteiger partial charge on any atom is 0.189 e. The average Bonchev–Trinajstić information content (AvgIpc) is 3.92. The Bertz CT molecular complexity index is 1440. The number of hydrogen-bond acceptors (Lipinski definition) is 7. The normalized spacial score (nSPS) is 15.2. The molecule has 224 valence electrons. The zero-order chi connectivity index (χ0) is 29.1. The van der Waals surface area contributed by atoms with E-state index < -0.39 is 0 Å². The quantitative estimate of drug-likeness (QED) is 0.0836. The summed E-state index contributed by atoms with van der Waals surface area (Å²) in [5, 5.41) is 4.46. The highest BCUT2D eigenvalue weighted by atomic mass is 16.7. The van der Waals surface area contributed by atoms with E-state index in [1.807, 2.05) is 26.0 Å². The van der Waals surface area contributed by atoms with Gasteiger partial charge in [-0.1, -0.05) is 37.6 Å². The molecular weight excluding hydrogens is 532 g/mol. The molecule has 0 aromatic heterocycles. The Balaban J connectivity index is 0.00000110. The van der Waals surface area contributed by atoms with Crippen LogP contribution in [0.25, 0.3) is 21.5 Å². The maximum absolute atomic E-state index is 6.37. The number of unbranched alkanes of at least 4 members (excludes halogenated alkanes) is 1. The number of epoxide rings is 2. The van der Waals surface area contributed by atoms with Crippen LogP contribution >= 0.6 is 0 Å². The molecule has 0 N–H and O–H groups in total. The van der Waals surface area contributed by atoms with Crippen molar-refractivity contribution in [3.8, 4) is 23.0 Å². The molecule has 7 heteroatoms. The van der Waals surface area contributed by atoms with Crippen LogP contribution in [0.2, 0.25) is 0 Å². The molecule has 2 saturated heterocycles. The second kappa shape index (κ2) is 15.1. The van der Waals surface area contributed by atoms with Crippen molar-refractivity contribution in [1.29, 1.82) is 0 Å². The van der Waals surface area contributed by atoms with E-state index >= 15 is 0 Å². The number of hydrogen-bond donors (Lipinski definition) is 0. The van der Waals surface area contributed by atoms with E-state index in [2.05, 4.69) is 60.2 Å². The first kappa shape index (κ1) is 30.0. The van der Waals surface area contributed by atoms with E-state index in [0.717, 1.165) is 88.3 Å². The molecule has 4 aromatic rings. The maximum atomic E-state index is 6.37. The van der Waals surface area contributed by atoms with Crippen LogP contribution in [-0.2, 0) is 20.6 Å². The highest BCUT2D eigenvalue weighted by Gasteiger charge is 2.24. The average molecular weight is 575 g/mol. The Morgan fingerprint density at radius 2 is 1.31 bits per heavy atom. The molecule has 0 spiro atoms.